The lowest BCUT2D eigenvalue weighted by atomic mass is 9.82. The molecular weight excluding hydrogens is 352 g/mol. The van der Waals surface area contributed by atoms with Crippen molar-refractivity contribution in [3.8, 4) is 0 Å². The molecule has 9 heteroatoms. The number of hydrogen-bond donors (Lipinski definition) is 1. The number of fused-ring (bicyclic) bond motifs is 5. The number of aromatic nitrogens is 4. The lowest BCUT2D eigenvalue weighted by Crippen LogP contribution is -2.57. The molecular formula is C17H16N6O2S. The predicted molar refractivity (Wildman–Crippen MR) is 96.1 cm³/mol. The van der Waals surface area contributed by atoms with Crippen LogP contribution in [-0.2, 0) is 4.79 Å². The molecule has 2 aliphatic rings. The van der Waals surface area contributed by atoms with Gasteiger partial charge in [0.25, 0.3) is 5.91 Å². The van der Waals surface area contributed by atoms with Crippen molar-refractivity contribution in [2.75, 3.05) is 11.9 Å². The molecule has 132 valence electrons. The number of rotatable bonds is 3. The highest BCUT2D eigenvalue weighted by Gasteiger charge is 2.46. The number of nitrogens with zero attached hydrogens (tertiary/aromatic N) is 5. The predicted octanol–water partition coefficient (Wildman–Crippen LogP) is 1.99. The van der Waals surface area contributed by atoms with Crippen LogP contribution < -0.4 is 5.32 Å². The van der Waals surface area contributed by atoms with Crippen LogP contribution in [0.4, 0.5) is 5.95 Å². The number of nitrogens with one attached hydrogen (secondary N) is 1. The molecule has 1 N–H and O–H groups in total. The van der Waals surface area contributed by atoms with Crippen LogP contribution in [0, 0.1) is 6.92 Å². The Kier molecular flexibility index (Phi) is 3.33. The molecule has 3 aromatic rings. The van der Waals surface area contributed by atoms with Crippen molar-refractivity contribution in [1.29, 1.82) is 0 Å². The van der Waals surface area contributed by atoms with Crippen molar-refractivity contribution >= 4 is 39.4 Å². The zero-order valence-electron chi connectivity index (χ0n) is 14.0. The molecule has 0 bridgehead atoms. The molecule has 3 aromatic heterocycles. The SMILES string of the molecule is Cc1nc2c(cc3n2C2CCC2N(CC(=O)Nc2ncccn2)C3=O)s1. The highest BCUT2D eigenvalue weighted by Crippen LogP contribution is 2.44. The summed E-state index contributed by atoms with van der Waals surface area (Å²) in [4.78, 5) is 39.6. The molecule has 26 heavy (non-hydrogen) atoms. The maximum absolute atomic E-state index is 13.0. The summed E-state index contributed by atoms with van der Waals surface area (Å²) in [6, 6.07) is 3.82. The maximum Gasteiger partial charge on any atom is 0.271 e. The van der Waals surface area contributed by atoms with Crippen molar-refractivity contribution in [3.05, 3.63) is 35.2 Å². The Hall–Kier alpha value is -2.81. The zero-order valence-corrected chi connectivity index (χ0v) is 14.9. The van der Waals surface area contributed by atoms with Gasteiger partial charge in [-0.15, -0.1) is 11.3 Å². The van der Waals surface area contributed by atoms with Crippen molar-refractivity contribution in [3.63, 3.8) is 0 Å². The van der Waals surface area contributed by atoms with E-state index >= 15 is 0 Å². The van der Waals surface area contributed by atoms with Crippen LogP contribution in [0.5, 0.6) is 0 Å². The third-order valence-corrected chi connectivity index (χ3v) is 5.95. The molecule has 2 unspecified atom stereocenters. The van der Waals surface area contributed by atoms with Gasteiger partial charge >= 0.3 is 0 Å². The first kappa shape index (κ1) is 15.4. The van der Waals surface area contributed by atoms with Gasteiger partial charge in [0.15, 0.2) is 5.65 Å². The molecule has 1 saturated carbocycles. The summed E-state index contributed by atoms with van der Waals surface area (Å²) in [5.41, 5.74) is 1.52. The van der Waals surface area contributed by atoms with Crippen LogP contribution >= 0.6 is 11.3 Å². The first-order valence-corrected chi connectivity index (χ1v) is 9.29. The summed E-state index contributed by atoms with van der Waals surface area (Å²) in [6.07, 6.45) is 5.01. The normalized spacial score (nSPS) is 21.3. The van der Waals surface area contributed by atoms with E-state index in [0.29, 0.717) is 5.69 Å². The number of thiazole rings is 1. The molecule has 1 aliphatic heterocycles. The second-order valence-electron chi connectivity index (χ2n) is 6.59. The van der Waals surface area contributed by atoms with Gasteiger partial charge in [-0.2, -0.15) is 0 Å². The average Bonchev–Trinajstić information content (AvgIpc) is 3.10. The first-order chi connectivity index (χ1) is 12.6. The fourth-order valence-electron chi connectivity index (χ4n) is 3.81. The Morgan fingerprint density at radius 2 is 2.08 bits per heavy atom. The minimum atomic E-state index is -0.286. The molecule has 1 aliphatic carbocycles. The Morgan fingerprint density at radius 1 is 1.31 bits per heavy atom. The van der Waals surface area contributed by atoms with Gasteiger partial charge in [0.2, 0.25) is 11.9 Å². The minimum Gasteiger partial charge on any atom is -0.323 e. The van der Waals surface area contributed by atoms with E-state index in [-0.39, 0.29) is 36.4 Å². The molecule has 0 spiro atoms. The van der Waals surface area contributed by atoms with Gasteiger partial charge in [0, 0.05) is 12.4 Å². The fraction of sp³-hybridized carbons (Fsp3) is 0.353. The van der Waals surface area contributed by atoms with Crippen LogP contribution in [0.25, 0.3) is 10.3 Å². The quantitative estimate of drug-likeness (QED) is 0.763. The van der Waals surface area contributed by atoms with E-state index in [1.54, 1.807) is 34.7 Å². The highest BCUT2D eigenvalue weighted by atomic mass is 32.1. The van der Waals surface area contributed by atoms with Crippen molar-refractivity contribution in [2.45, 2.75) is 31.8 Å². The van der Waals surface area contributed by atoms with E-state index in [2.05, 4.69) is 24.8 Å². The topological polar surface area (TPSA) is 93.0 Å². The van der Waals surface area contributed by atoms with E-state index < -0.39 is 0 Å². The van der Waals surface area contributed by atoms with Crippen molar-refractivity contribution in [2.24, 2.45) is 0 Å². The van der Waals surface area contributed by atoms with Gasteiger partial charge in [0.05, 0.1) is 21.8 Å². The molecule has 0 aromatic carbocycles. The van der Waals surface area contributed by atoms with Gasteiger partial charge < -0.3 is 9.47 Å². The highest BCUT2D eigenvalue weighted by molar-refractivity contribution is 7.18. The molecule has 8 nitrogen and oxygen atoms in total. The van der Waals surface area contributed by atoms with Crippen LogP contribution in [0.2, 0.25) is 0 Å². The number of carbonyl (C=O) groups excluding carboxylic acids is 2. The molecule has 2 atom stereocenters. The van der Waals surface area contributed by atoms with Crippen LogP contribution in [0.15, 0.2) is 24.5 Å². The summed E-state index contributed by atoms with van der Waals surface area (Å²) >= 11 is 1.59. The van der Waals surface area contributed by atoms with E-state index in [9.17, 15) is 9.59 Å². The van der Waals surface area contributed by atoms with E-state index in [0.717, 1.165) is 28.2 Å². The maximum atomic E-state index is 13.0. The van der Waals surface area contributed by atoms with E-state index in [4.69, 9.17) is 0 Å². The summed E-state index contributed by atoms with van der Waals surface area (Å²) in [5.74, 6) is -0.153. The summed E-state index contributed by atoms with van der Waals surface area (Å²) in [6.45, 7) is 1.98. The zero-order chi connectivity index (χ0) is 17.8. The third-order valence-electron chi connectivity index (χ3n) is 5.04. The van der Waals surface area contributed by atoms with Gasteiger partial charge in [-0.05, 0) is 31.9 Å². The molecule has 0 saturated heterocycles. The average molecular weight is 368 g/mol. The van der Waals surface area contributed by atoms with Crippen LogP contribution in [-0.4, -0.2) is 48.8 Å². The van der Waals surface area contributed by atoms with E-state index in [1.807, 2.05) is 13.0 Å². The van der Waals surface area contributed by atoms with Gasteiger partial charge in [-0.3, -0.25) is 14.9 Å². The van der Waals surface area contributed by atoms with E-state index in [1.165, 1.54) is 0 Å². The standard InChI is InChI=1S/C17H16N6O2S/c1-9-20-15-13(26-9)7-12-16(25)22(10-3-4-11(10)23(12)15)8-14(24)21-17-18-5-2-6-19-17/h2,5-7,10-11H,3-4,8H2,1H3,(H,18,19,21,24). The van der Waals surface area contributed by atoms with Gasteiger partial charge in [0.1, 0.15) is 12.2 Å². The van der Waals surface area contributed by atoms with Crippen molar-refractivity contribution < 1.29 is 9.59 Å². The number of hydrogen-bond acceptors (Lipinski definition) is 6. The van der Waals surface area contributed by atoms with Crippen molar-refractivity contribution in [1.82, 2.24) is 24.4 Å². The first-order valence-electron chi connectivity index (χ1n) is 8.48. The number of aryl methyl sites for hydroxylation is 1. The Labute approximate surface area is 152 Å². The smallest absolute Gasteiger partial charge is 0.271 e. The Balaban J connectivity index is 1.43. The molecule has 2 amide bonds. The third kappa shape index (κ3) is 2.23. The number of amides is 2. The van der Waals surface area contributed by atoms with Gasteiger partial charge in [-0.1, -0.05) is 0 Å². The second kappa shape index (κ2) is 5.60. The summed E-state index contributed by atoms with van der Waals surface area (Å²) < 4.78 is 3.10. The molecule has 1 fully saturated rings. The van der Waals surface area contributed by atoms with Crippen LogP contribution in [0.3, 0.4) is 0 Å². The van der Waals surface area contributed by atoms with Crippen LogP contribution in [0.1, 0.15) is 34.4 Å². The monoisotopic (exact) mass is 368 g/mol. The molecule has 4 heterocycles. The second-order valence-corrected chi connectivity index (χ2v) is 7.82. The number of carbonyl (C=O) groups is 2. The largest absolute Gasteiger partial charge is 0.323 e. The summed E-state index contributed by atoms with van der Waals surface area (Å²) in [7, 11) is 0. The van der Waals surface area contributed by atoms with Gasteiger partial charge in [-0.25, -0.2) is 15.0 Å². The number of anilines is 1. The summed E-state index contributed by atoms with van der Waals surface area (Å²) in [5, 5.41) is 3.65. The minimum absolute atomic E-state index is 0.00351. The molecule has 0 radical (unpaired) electrons. The molecule has 5 rings (SSSR count). The fourth-order valence-corrected chi connectivity index (χ4v) is 4.66. The lowest BCUT2D eigenvalue weighted by Gasteiger charge is -2.48. The Bertz CT molecular complexity index is 1030. The Morgan fingerprint density at radius 3 is 2.81 bits per heavy atom. The lowest BCUT2D eigenvalue weighted by molar-refractivity contribution is -0.118.